The van der Waals surface area contributed by atoms with Crippen LogP contribution in [0.5, 0.6) is 5.75 Å². The summed E-state index contributed by atoms with van der Waals surface area (Å²) in [6.45, 7) is 0. The molecule has 0 aliphatic rings. The molecular formula is C6H2BF5O4. The number of hydrogen-bond donors (Lipinski definition) is 2. The molecule has 4 nitrogen and oxygen atoms in total. The average Bonchev–Trinajstić information content (AvgIpc) is 2.29. The summed E-state index contributed by atoms with van der Waals surface area (Å²) >= 11 is 0. The van der Waals surface area contributed by atoms with Crippen LogP contribution in [0.1, 0.15) is 0 Å². The van der Waals surface area contributed by atoms with Crippen molar-refractivity contribution in [3.8, 4) is 5.75 Å². The van der Waals surface area contributed by atoms with Gasteiger partial charge in [-0.05, 0) is 0 Å². The molecule has 1 rings (SSSR count). The van der Waals surface area contributed by atoms with Gasteiger partial charge in [0.25, 0.3) is 0 Å². The Balaban J connectivity index is 3.28. The zero-order valence-electron chi connectivity index (χ0n) is 7.18. The monoisotopic (exact) mass is 244 g/mol. The highest BCUT2D eigenvalue weighted by Gasteiger charge is 2.30. The summed E-state index contributed by atoms with van der Waals surface area (Å²) < 4.78 is 66.9. The Kier molecular flexibility index (Phi) is 3.68. The van der Waals surface area contributed by atoms with Gasteiger partial charge in [0.15, 0.2) is 5.75 Å². The molecule has 1 aromatic carbocycles. The molecule has 0 radical (unpaired) electrons. The van der Waals surface area contributed by atoms with Crippen LogP contribution in [-0.4, -0.2) is 17.6 Å². The molecule has 0 saturated heterocycles. The third-order valence-corrected chi connectivity index (χ3v) is 1.48. The van der Waals surface area contributed by atoms with E-state index in [0.29, 0.717) is 0 Å². The first-order valence-corrected chi connectivity index (χ1v) is 3.56. The van der Waals surface area contributed by atoms with E-state index in [1.165, 1.54) is 0 Å². The van der Waals surface area contributed by atoms with E-state index in [4.69, 9.17) is 10.3 Å². The van der Waals surface area contributed by atoms with Crippen molar-refractivity contribution in [2.75, 3.05) is 0 Å². The quantitative estimate of drug-likeness (QED) is 0.209. The number of hydrogen-bond acceptors (Lipinski definition) is 4. The fourth-order valence-electron chi connectivity index (χ4n) is 0.811. The molecule has 0 aromatic heterocycles. The van der Waals surface area contributed by atoms with Gasteiger partial charge in [0.05, 0.1) is 0 Å². The fourth-order valence-corrected chi connectivity index (χ4v) is 0.811. The maximum atomic E-state index is 12.8. The first-order chi connectivity index (χ1) is 7.40. The van der Waals surface area contributed by atoms with Crippen LogP contribution in [0, 0.1) is 29.1 Å². The van der Waals surface area contributed by atoms with Gasteiger partial charge < -0.3 is 9.68 Å². The number of benzene rings is 1. The van der Waals surface area contributed by atoms with Gasteiger partial charge in [-0.1, -0.05) is 0 Å². The molecule has 0 heterocycles. The molecule has 0 bridgehead atoms. The topological polar surface area (TPSA) is 58.9 Å². The van der Waals surface area contributed by atoms with Crippen molar-refractivity contribution in [2.24, 2.45) is 0 Å². The van der Waals surface area contributed by atoms with Crippen molar-refractivity contribution in [2.45, 2.75) is 0 Å². The normalized spacial score (nSPS) is 10.4. The second kappa shape index (κ2) is 4.64. The lowest BCUT2D eigenvalue weighted by molar-refractivity contribution is -0.171. The zero-order chi connectivity index (χ0) is 12.5. The molecule has 0 fully saturated rings. The van der Waals surface area contributed by atoms with Crippen LogP contribution in [0.4, 0.5) is 22.0 Å². The smallest absolute Gasteiger partial charge is 0.506 e. The Morgan fingerprint density at radius 2 is 1.19 bits per heavy atom. The molecule has 88 valence electrons. The minimum Gasteiger partial charge on any atom is -0.506 e. The Hall–Kier alpha value is -1.39. The van der Waals surface area contributed by atoms with Crippen molar-refractivity contribution in [1.29, 1.82) is 0 Å². The van der Waals surface area contributed by atoms with Gasteiger partial charge in [-0.3, -0.25) is 5.26 Å². The highest BCUT2D eigenvalue weighted by Crippen LogP contribution is 2.29. The second-order valence-corrected chi connectivity index (χ2v) is 2.43. The van der Waals surface area contributed by atoms with Crippen molar-refractivity contribution in [1.82, 2.24) is 0 Å². The molecule has 0 atom stereocenters. The molecule has 16 heavy (non-hydrogen) atoms. The van der Waals surface area contributed by atoms with E-state index in [0.717, 1.165) is 0 Å². The minimum absolute atomic E-state index is 1.77. The summed E-state index contributed by atoms with van der Waals surface area (Å²) in [6.07, 6.45) is 0. The van der Waals surface area contributed by atoms with Crippen molar-refractivity contribution in [3.05, 3.63) is 29.1 Å². The van der Waals surface area contributed by atoms with Crippen LogP contribution >= 0.6 is 0 Å². The van der Waals surface area contributed by atoms with Crippen LogP contribution in [0.2, 0.25) is 0 Å². The van der Waals surface area contributed by atoms with Crippen LogP contribution < -0.4 is 4.65 Å². The van der Waals surface area contributed by atoms with Crippen LogP contribution in [-0.2, 0) is 4.81 Å². The summed E-state index contributed by atoms with van der Waals surface area (Å²) in [6, 6.07) is 0. The Morgan fingerprint density at radius 1 is 0.812 bits per heavy atom. The lowest BCUT2D eigenvalue weighted by Crippen LogP contribution is -2.26. The van der Waals surface area contributed by atoms with Gasteiger partial charge in [-0.2, -0.15) is 8.78 Å². The van der Waals surface area contributed by atoms with E-state index in [9.17, 15) is 22.0 Å². The summed E-state index contributed by atoms with van der Waals surface area (Å²) in [5, 5.41) is 16.2. The van der Waals surface area contributed by atoms with Crippen molar-refractivity contribution in [3.63, 3.8) is 0 Å². The summed E-state index contributed by atoms with van der Waals surface area (Å²) in [7, 11) is -2.59. The molecule has 2 N–H and O–H groups in total. The SMILES string of the molecule is OOB(O)Oc1c(F)c(F)c(F)c(F)c1F. The molecule has 0 amide bonds. The lowest BCUT2D eigenvalue weighted by atomic mass is 10.2. The van der Waals surface area contributed by atoms with E-state index < -0.39 is 42.2 Å². The van der Waals surface area contributed by atoms with Gasteiger partial charge in [0.2, 0.25) is 29.1 Å². The fraction of sp³-hybridized carbons (Fsp3) is 0. The maximum Gasteiger partial charge on any atom is 0.739 e. The minimum atomic E-state index is -2.59. The third kappa shape index (κ3) is 2.08. The number of rotatable bonds is 3. The van der Waals surface area contributed by atoms with Gasteiger partial charge in [-0.15, -0.1) is 0 Å². The Morgan fingerprint density at radius 3 is 1.56 bits per heavy atom. The number of halogens is 5. The standard InChI is InChI=1S/C6H2BF5O4/c8-1-2(9)4(11)6(5(12)3(1)10)15-7(13)16-14/h13-14H. The van der Waals surface area contributed by atoms with E-state index in [-0.39, 0.29) is 0 Å². The van der Waals surface area contributed by atoms with Gasteiger partial charge in [0, 0.05) is 0 Å². The van der Waals surface area contributed by atoms with E-state index >= 15 is 0 Å². The lowest BCUT2D eigenvalue weighted by Gasteiger charge is -2.09. The van der Waals surface area contributed by atoms with Gasteiger partial charge >= 0.3 is 7.32 Å². The molecule has 0 aliphatic heterocycles. The first-order valence-electron chi connectivity index (χ1n) is 3.56. The van der Waals surface area contributed by atoms with Crippen molar-refractivity contribution >= 4 is 7.32 Å². The Labute approximate surface area is 84.9 Å². The van der Waals surface area contributed by atoms with Gasteiger partial charge in [-0.25, -0.2) is 18.0 Å². The first kappa shape index (κ1) is 12.7. The van der Waals surface area contributed by atoms with E-state index in [1.807, 2.05) is 0 Å². The largest absolute Gasteiger partial charge is 0.739 e. The zero-order valence-corrected chi connectivity index (χ0v) is 7.18. The molecule has 0 aliphatic carbocycles. The summed E-state index contributed by atoms with van der Waals surface area (Å²) in [5.41, 5.74) is 0. The van der Waals surface area contributed by atoms with Crippen LogP contribution in [0.15, 0.2) is 0 Å². The molecule has 1 aromatic rings. The predicted molar refractivity (Wildman–Crippen MR) is 38.5 cm³/mol. The molecule has 10 heteroatoms. The van der Waals surface area contributed by atoms with Crippen molar-refractivity contribution < 1.29 is 41.7 Å². The third-order valence-electron chi connectivity index (χ3n) is 1.48. The molecule has 0 saturated carbocycles. The van der Waals surface area contributed by atoms with E-state index in [2.05, 4.69) is 9.46 Å². The summed E-state index contributed by atoms with van der Waals surface area (Å²) in [4.78, 5) is 3.04. The van der Waals surface area contributed by atoms with Crippen LogP contribution in [0.3, 0.4) is 0 Å². The van der Waals surface area contributed by atoms with Gasteiger partial charge in [0.1, 0.15) is 0 Å². The van der Waals surface area contributed by atoms with E-state index in [1.54, 1.807) is 0 Å². The maximum absolute atomic E-state index is 12.8. The molecule has 0 unspecified atom stereocenters. The Bertz CT molecular complexity index is 385. The molecular weight excluding hydrogens is 242 g/mol. The summed E-state index contributed by atoms with van der Waals surface area (Å²) in [5.74, 6) is -13.2. The second-order valence-electron chi connectivity index (χ2n) is 2.43. The highest BCUT2D eigenvalue weighted by atomic mass is 19.2. The predicted octanol–water partition coefficient (Wildman–Crippen LogP) is 1.23. The molecule has 0 spiro atoms. The highest BCUT2D eigenvalue weighted by molar-refractivity contribution is 6.35. The van der Waals surface area contributed by atoms with Crippen LogP contribution in [0.25, 0.3) is 0 Å². The average molecular weight is 244 g/mol.